The lowest BCUT2D eigenvalue weighted by molar-refractivity contribution is 0.0943. The standard InChI is InChI=1S/C14H19BFNO3/c16-13-7-11(6-12(8-13)15(19)20)14(18)17-9-10-4-2-1-3-5-10/h6-8,10,19-20H,1-5,9H2,(H,17,18). The van der Waals surface area contributed by atoms with Gasteiger partial charge in [0.05, 0.1) is 0 Å². The van der Waals surface area contributed by atoms with E-state index in [1.165, 1.54) is 25.3 Å². The van der Waals surface area contributed by atoms with Crippen molar-refractivity contribution in [3.8, 4) is 0 Å². The maximum Gasteiger partial charge on any atom is 0.488 e. The van der Waals surface area contributed by atoms with Crippen LogP contribution in [0.3, 0.4) is 0 Å². The van der Waals surface area contributed by atoms with Crippen molar-refractivity contribution in [3.63, 3.8) is 0 Å². The zero-order valence-electron chi connectivity index (χ0n) is 11.3. The fraction of sp³-hybridized carbons (Fsp3) is 0.500. The highest BCUT2D eigenvalue weighted by Gasteiger charge is 2.18. The van der Waals surface area contributed by atoms with E-state index in [4.69, 9.17) is 10.0 Å². The Hall–Kier alpha value is -1.40. The topological polar surface area (TPSA) is 69.6 Å². The van der Waals surface area contributed by atoms with Crippen LogP contribution in [0.25, 0.3) is 0 Å². The van der Waals surface area contributed by atoms with Crippen LogP contribution in [0.5, 0.6) is 0 Å². The number of carbonyl (C=O) groups is 1. The van der Waals surface area contributed by atoms with Crippen LogP contribution in [0.15, 0.2) is 18.2 Å². The van der Waals surface area contributed by atoms with E-state index in [9.17, 15) is 9.18 Å². The molecule has 20 heavy (non-hydrogen) atoms. The summed E-state index contributed by atoms with van der Waals surface area (Å²) in [6, 6.07) is 3.40. The first-order valence-corrected chi connectivity index (χ1v) is 7.01. The molecule has 4 nitrogen and oxygen atoms in total. The number of benzene rings is 1. The summed E-state index contributed by atoms with van der Waals surface area (Å²) >= 11 is 0. The molecule has 1 aromatic carbocycles. The molecule has 1 aliphatic carbocycles. The lowest BCUT2D eigenvalue weighted by Gasteiger charge is -2.21. The van der Waals surface area contributed by atoms with E-state index in [1.807, 2.05) is 0 Å². The molecule has 1 saturated carbocycles. The van der Waals surface area contributed by atoms with Crippen molar-refractivity contribution in [1.82, 2.24) is 5.32 Å². The predicted octanol–water partition coefficient (Wildman–Crippen LogP) is 0.816. The summed E-state index contributed by atoms with van der Waals surface area (Å²) in [5.74, 6) is -0.542. The molecule has 0 bridgehead atoms. The van der Waals surface area contributed by atoms with Crippen molar-refractivity contribution >= 4 is 18.5 Å². The first-order chi connectivity index (χ1) is 9.56. The Morgan fingerprint density at radius 3 is 2.60 bits per heavy atom. The molecule has 1 aromatic rings. The Bertz CT molecular complexity index is 475. The average molecular weight is 279 g/mol. The van der Waals surface area contributed by atoms with Gasteiger partial charge in [0.2, 0.25) is 0 Å². The summed E-state index contributed by atoms with van der Waals surface area (Å²) in [6.45, 7) is 0.590. The Balaban J connectivity index is 1.97. The number of hydrogen-bond acceptors (Lipinski definition) is 3. The van der Waals surface area contributed by atoms with Crippen molar-refractivity contribution in [3.05, 3.63) is 29.6 Å². The van der Waals surface area contributed by atoms with Gasteiger partial charge < -0.3 is 15.4 Å². The number of amides is 1. The Labute approximate surface area is 118 Å². The van der Waals surface area contributed by atoms with Crippen LogP contribution in [-0.4, -0.2) is 29.6 Å². The molecular weight excluding hydrogens is 260 g/mol. The highest BCUT2D eigenvalue weighted by Crippen LogP contribution is 2.22. The zero-order chi connectivity index (χ0) is 14.5. The molecule has 108 valence electrons. The number of halogens is 1. The van der Waals surface area contributed by atoms with Gasteiger partial charge in [-0.1, -0.05) is 19.3 Å². The maximum atomic E-state index is 13.3. The van der Waals surface area contributed by atoms with Crippen LogP contribution in [0.4, 0.5) is 4.39 Å². The van der Waals surface area contributed by atoms with Crippen LogP contribution in [0.2, 0.25) is 0 Å². The molecule has 6 heteroatoms. The molecule has 0 atom stereocenters. The van der Waals surface area contributed by atoms with Gasteiger partial charge >= 0.3 is 7.12 Å². The molecule has 3 N–H and O–H groups in total. The Kier molecular flexibility index (Phi) is 5.14. The summed E-state index contributed by atoms with van der Waals surface area (Å²) in [5.41, 5.74) is 0.0942. The molecule has 0 saturated heterocycles. The highest BCUT2D eigenvalue weighted by molar-refractivity contribution is 6.58. The monoisotopic (exact) mass is 279 g/mol. The number of nitrogens with one attached hydrogen (secondary N) is 1. The van der Waals surface area contributed by atoms with Crippen LogP contribution in [0, 0.1) is 11.7 Å². The van der Waals surface area contributed by atoms with Crippen molar-refractivity contribution < 1.29 is 19.2 Å². The third-order valence-corrected chi connectivity index (χ3v) is 3.76. The molecule has 1 aliphatic rings. The Morgan fingerprint density at radius 2 is 1.95 bits per heavy atom. The van der Waals surface area contributed by atoms with Gasteiger partial charge in [0, 0.05) is 12.1 Å². The first-order valence-electron chi connectivity index (χ1n) is 7.01. The normalized spacial score (nSPS) is 15.9. The first kappa shape index (κ1) is 15.0. The van der Waals surface area contributed by atoms with Crippen molar-refractivity contribution in [1.29, 1.82) is 0 Å². The van der Waals surface area contributed by atoms with Crippen molar-refractivity contribution in [2.75, 3.05) is 6.54 Å². The maximum absolute atomic E-state index is 13.3. The van der Waals surface area contributed by atoms with Crippen LogP contribution in [0.1, 0.15) is 42.5 Å². The van der Waals surface area contributed by atoms with Gasteiger partial charge in [-0.25, -0.2) is 4.39 Å². The van der Waals surface area contributed by atoms with E-state index >= 15 is 0 Å². The van der Waals surface area contributed by atoms with E-state index < -0.39 is 12.9 Å². The molecule has 0 aliphatic heterocycles. The second kappa shape index (κ2) is 6.86. The quantitative estimate of drug-likeness (QED) is 0.714. The minimum Gasteiger partial charge on any atom is -0.423 e. The second-order valence-corrected chi connectivity index (χ2v) is 5.36. The molecule has 0 radical (unpaired) electrons. The zero-order valence-corrected chi connectivity index (χ0v) is 11.3. The molecule has 1 fully saturated rings. The summed E-state index contributed by atoms with van der Waals surface area (Å²) in [7, 11) is -1.78. The number of hydrogen-bond donors (Lipinski definition) is 3. The molecule has 0 spiro atoms. The average Bonchev–Trinajstić information content (AvgIpc) is 2.45. The fourth-order valence-corrected chi connectivity index (χ4v) is 2.62. The van der Waals surface area contributed by atoms with Gasteiger partial charge in [0.1, 0.15) is 5.82 Å². The molecule has 0 unspecified atom stereocenters. The van der Waals surface area contributed by atoms with Crippen LogP contribution in [-0.2, 0) is 0 Å². The lowest BCUT2D eigenvalue weighted by atomic mass is 9.79. The Morgan fingerprint density at radius 1 is 1.25 bits per heavy atom. The summed E-state index contributed by atoms with van der Waals surface area (Å²) in [6.07, 6.45) is 5.88. The van der Waals surface area contributed by atoms with E-state index in [2.05, 4.69) is 5.32 Å². The minimum absolute atomic E-state index is 0.0205. The van der Waals surface area contributed by atoms with E-state index in [-0.39, 0.29) is 16.9 Å². The third kappa shape index (κ3) is 4.05. The van der Waals surface area contributed by atoms with Crippen LogP contribution >= 0.6 is 0 Å². The predicted molar refractivity (Wildman–Crippen MR) is 75.1 cm³/mol. The van der Waals surface area contributed by atoms with Gasteiger partial charge in [-0.05, 0) is 42.4 Å². The lowest BCUT2D eigenvalue weighted by Crippen LogP contribution is -2.34. The summed E-state index contributed by atoms with van der Waals surface area (Å²) in [5, 5.41) is 20.9. The van der Waals surface area contributed by atoms with E-state index in [0.29, 0.717) is 12.5 Å². The largest absolute Gasteiger partial charge is 0.488 e. The van der Waals surface area contributed by atoms with Crippen molar-refractivity contribution in [2.45, 2.75) is 32.1 Å². The summed E-state index contributed by atoms with van der Waals surface area (Å²) < 4.78 is 13.3. The molecule has 0 aromatic heterocycles. The fourth-order valence-electron chi connectivity index (χ4n) is 2.62. The molecule has 2 rings (SSSR count). The SMILES string of the molecule is O=C(NCC1CCCCC1)c1cc(F)cc(B(O)O)c1. The number of carbonyl (C=O) groups excluding carboxylic acids is 1. The van der Waals surface area contributed by atoms with Crippen molar-refractivity contribution in [2.24, 2.45) is 5.92 Å². The van der Waals surface area contributed by atoms with Gasteiger partial charge in [0.15, 0.2) is 0 Å². The minimum atomic E-state index is -1.78. The summed E-state index contributed by atoms with van der Waals surface area (Å²) in [4.78, 5) is 12.0. The third-order valence-electron chi connectivity index (χ3n) is 3.76. The molecule has 1 amide bonds. The van der Waals surface area contributed by atoms with E-state index in [0.717, 1.165) is 25.0 Å². The highest BCUT2D eigenvalue weighted by atomic mass is 19.1. The second-order valence-electron chi connectivity index (χ2n) is 5.36. The van der Waals surface area contributed by atoms with Gasteiger partial charge in [-0.15, -0.1) is 0 Å². The molecule has 0 heterocycles. The van der Waals surface area contributed by atoms with Gasteiger partial charge in [0.25, 0.3) is 5.91 Å². The smallest absolute Gasteiger partial charge is 0.423 e. The van der Waals surface area contributed by atoms with Crippen LogP contribution < -0.4 is 10.8 Å². The van der Waals surface area contributed by atoms with Gasteiger partial charge in [-0.3, -0.25) is 4.79 Å². The molecular formula is C14H19BFNO3. The van der Waals surface area contributed by atoms with E-state index in [1.54, 1.807) is 0 Å². The number of rotatable bonds is 4. The van der Waals surface area contributed by atoms with Gasteiger partial charge in [-0.2, -0.15) is 0 Å².